The minimum atomic E-state index is -0.511. The van der Waals surface area contributed by atoms with E-state index in [0.717, 1.165) is 5.69 Å². The lowest BCUT2D eigenvalue weighted by Gasteiger charge is -2.18. The van der Waals surface area contributed by atoms with E-state index in [4.69, 9.17) is 5.73 Å². The first kappa shape index (κ1) is 9.33. The number of aromatic amines is 1. The van der Waals surface area contributed by atoms with Crippen LogP contribution in [0.2, 0.25) is 0 Å². The lowest BCUT2D eigenvalue weighted by Crippen LogP contribution is -2.31. The molecule has 1 heterocycles. The molecular weight excluding hydrogens is 190 g/mol. The molecule has 2 rings (SSSR count). The number of anilines is 2. The number of hydrogen-bond donors (Lipinski definition) is 2. The number of benzene rings is 1. The van der Waals surface area contributed by atoms with E-state index in [-0.39, 0.29) is 0 Å². The molecular formula is C11H11N3O. The second kappa shape index (κ2) is 3.88. The maximum absolute atomic E-state index is 11.3. The van der Waals surface area contributed by atoms with E-state index in [1.807, 2.05) is 36.4 Å². The van der Waals surface area contributed by atoms with Gasteiger partial charge in [0.15, 0.2) is 0 Å². The topological polar surface area (TPSA) is 62.1 Å². The molecule has 1 aromatic carbocycles. The highest BCUT2D eigenvalue weighted by Gasteiger charge is 2.14. The molecule has 15 heavy (non-hydrogen) atoms. The number of nitrogens with zero attached hydrogens (tertiary/aromatic N) is 1. The van der Waals surface area contributed by atoms with Crippen molar-refractivity contribution >= 4 is 17.5 Å². The second-order valence-corrected chi connectivity index (χ2v) is 3.06. The van der Waals surface area contributed by atoms with Crippen molar-refractivity contribution in [3.63, 3.8) is 0 Å². The van der Waals surface area contributed by atoms with Crippen LogP contribution in [0, 0.1) is 0 Å². The first-order chi connectivity index (χ1) is 7.29. The number of hydrogen-bond acceptors (Lipinski definition) is 1. The Hall–Kier alpha value is -2.23. The molecule has 2 aromatic rings. The van der Waals surface area contributed by atoms with E-state index in [2.05, 4.69) is 4.98 Å². The van der Waals surface area contributed by atoms with Gasteiger partial charge in [-0.1, -0.05) is 18.2 Å². The zero-order valence-electron chi connectivity index (χ0n) is 8.05. The fourth-order valence-corrected chi connectivity index (χ4v) is 1.42. The van der Waals surface area contributed by atoms with Gasteiger partial charge in [0.1, 0.15) is 5.82 Å². The number of aromatic nitrogens is 1. The molecule has 0 fully saturated rings. The van der Waals surface area contributed by atoms with Gasteiger partial charge in [-0.15, -0.1) is 0 Å². The van der Waals surface area contributed by atoms with E-state index in [1.54, 1.807) is 12.3 Å². The average Bonchev–Trinajstić information content (AvgIpc) is 2.72. The van der Waals surface area contributed by atoms with Gasteiger partial charge < -0.3 is 10.7 Å². The number of rotatable bonds is 2. The Morgan fingerprint density at radius 3 is 2.40 bits per heavy atom. The Balaban J connectivity index is 2.42. The van der Waals surface area contributed by atoms with Gasteiger partial charge in [0, 0.05) is 6.20 Å². The van der Waals surface area contributed by atoms with Crippen LogP contribution in [0.15, 0.2) is 48.7 Å². The van der Waals surface area contributed by atoms with Gasteiger partial charge in [0.05, 0.1) is 5.69 Å². The van der Waals surface area contributed by atoms with Crippen LogP contribution in [0.5, 0.6) is 0 Å². The van der Waals surface area contributed by atoms with Crippen LogP contribution in [-0.2, 0) is 0 Å². The van der Waals surface area contributed by atoms with Crippen LogP contribution >= 0.6 is 0 Å². The monoisotopic (exact) mass is 201 g/mol. The number of primary amides is 1. The fourth-order valence-electron chi connectivity index (χ4n) is 1.42. The van der Waals surface area contributed by atoms with Gasteiger partial charge in [-0.05, 0) is 24.3 Å². The average molecular weight is 201 g/mol. The summed E-state index contributed by atoms with van der Waals surface area (Å²) in [6, 6.07) is 12.3. The van der Waals surface area contributed by atoms with Crippen LogP contribution in [-0.4, -0.2) is 11.0 Å². The zero-order valence-corrected chi connectivity index (χ0v) is 8.05. The predicted octanol–water partition coefficient (Wildman–Crippen LogP) is 2.23. The quantitative estimate of drug-likeness (QED) is 0.768. The van der Waals surface area contributed by atoms with E-state index >= 15 is 0 Å². The number of nitrogens with two attached hydrogens (primary N) is 1. The molecule has 0 spiro atoms. The number of para-hydroxylation sites is 1. The van der Waals surface area contributed by atoms with Crippen LogP contribution in [0.25, 0.3) is 0 Å². The van der Waals surface area contributed by atoms with Crippen molar-refractivity contribution in [2.45, 2.75) is 0 Å². The standard InChI is InChI=1S/C11H11N3O/c12-11(15)14(10-7-4-8-13-10)9-5-2-1-3-6-9/h1-8,13H,(H2,12,15). The lowest BCUT2D eigenvalue weighted by atomic mass is 10.3. The summed E-state index contributed by atoms with van der Waals surface area (Å²) in [6.45, 7) is 0. The Kier molecular flexibility index (Phi) is 2.41. The molecule has 0 radical (unpaired) electrons. The third kappa shape index (κ3) is 1.83. The summed E-state index contributed by atoms with van der Waals surface area (Å²) in [5.74, 6) is 0.661. The van der Waals surface area contributed by atoms with E-state index in [0.29, 0.717) is 5.82 Å². The molecule has 0 bridgehead atoms. The normalized spacial score (nSPS) is 9.87. The summed E-state index contributed by atoms with van der Waals surface area (Å²) >= 11 is 0. The van der Waals surface area contributed by atoms with Crippen LogP contribution in [0.1, 0.15) is 0 Å². The Bertz CT molecular complexity index is 436. The van der Waals surface area contributed by atoms with Gasteiger partial charge in [-0.25, -0.2) is 9.69 Å². The molecule has 4 nitrogen and oxygen atoms in total. The molecule has 4 heteroatoms. The molecule has 76 valence electrons. The minimum Gasteiger partial charge on any atom is -0.351 e. The third-order valence-electron chi connectivity index (χ3n) is 2.06. The Morgan fingerprint density at radius 1 is 1.13 bits per heavy atom. The summed E-state index contributed by atoms with van der Waals surface area (Å²) < 4.78 is 0. The first-order valence-electron chi connectivity index (χ1n) is 4.57. The van der Waals surface area contributed by atoms with Crippen molar-refractivity contribution in [3.05, 3.63) is 48.7 Å². The first-order valence-corrected chi connectivity index (χ1v) is 4.57. The van der Waals surface area contributed by atoms with Crippen molar-refractivity contribution < 1.29 is 4.79 Å². The van der Waals surface area contributed by atoms with Crippen molar-refractivity contribution in [2.24, 2.45) is 5.73 Å². The number of H-pyrrole nitrogens is 1. The highest BCUT2D eigenvalue weighted by atomic mass is 16.2. The molecule has 0 saturated heterocycles. The molecule has 0 aliphatic heterocycles. The highest BCUT2D eigenvalue weighted by molar-refractivity contribution is 5.97. The summed E-state index contributed by atoms with van der Waals surface area (Å²) in [5.41, 5.74) is 6.07. The van der Waals surface area contributed by atoms with E-state index in [1.165, 1.54) is 4.90 Å². The van der Waals surface area contributed by atoms with Crippen LogP contribution in [0.3, 0.4) is 0 Å². The van der Waals surface area contributed by atoms with E-state index < -0.39 is 6.03 Å². The third-order valence-corrected chi connectivity index (χ3v) is 2.06. The van der Waals surface area contributed by atoms with Crippen molar-refractivity contribution in [2.75, 3.05) is 4.90 Å². The predicted molar refractivity (Wildman–Crippen MR) is 59.0 cm³/mol. The molecule has 0 saturated carbocycles. The molecule has 0 atom stereocenters. The maximum Gasteiger partial charge on any atom is 0.325 e. The Morgan fingerprint density at radius 2 is 1.87 bits per heavy atom. The van der Waals surface area contributed by atoms with Gasteiger partial charge in [0.25, 0.3) is 0 Å². The second-order valence-electron chi connectivity index (χ2n) is 3.06. The number of amides is 2. The summed E-state index contributed by atoms with van der Waals surface area (Å²) in [4.78, 5) is 15.7. The Labute approximate surface area is 87.3 Å². The molecule has 1 aromatic heterocycles. The number of nitrogens with one attached hydrogen (secondary N) is 1. The largest absolute Gasteiger partial charge is 0.351 e. The van der Waals surface area contributed by atoms with Gasteiger partial charge >= 0.3 is 6.03 Å². The van der Waals surface area contributed by atoms with Crippen molar-refractivity contribution in [1.29, 1.82) is 0 Å². The summed E-state index contributed by atoms with van der Waals surface area (Å²) in [5, 5.41) is 0. The summed E-state index contributed by atoms with van der Waals surface area (Å²) in [7, 11) is 0. The molecule has 2 amide bonds. The molecule has 0 aliphatic carbocycles. The van der Waals surface area contributed by atoms with Crippen molar-refractivity contribution in [3.8, 4) is 0 Å². The van der Waals surface area contributed by atoms with Crippen LogP contribution in [0.4, 0.5) is 16.3 Å². The van der Waals surface area contributed by atoms with Crippen LogP contribution < -0.4 is 10.6 Å². The summed E-state index contributed by atoms with van der Waals surface area (Å²) in [6.07, 6.45) is 1.74. The number of urea groups is 1. The maximum atomic E-state index is 11.3. The van der Waals surface area contributed by atoms with Gasteiger partial charge in [0.2, 0.25) is 0 Å². The number of carbonyl (C=O) groups excluding carboxylic acids is 1. The SMILES string of the molecule is NC(=O)N(c1ccccc1)c1ccc[nH]1. The lowest BCUT2D eigenvalue weighted by molar-refractivity contribution is 0.256. The number of carbonyl (C=O) groups is 1. The fraction of sp³-hybridized carbons (Fsp3) is 0. The zero-order chi connectivity index (χ0) is 10.7. The van der Waals surface area contributed by atoms with E-state index in [9.17, 15) is 4.79 Å². The van der Waals surface area contributed by atoms with Gasteiger partial charge in [-0.3, -0.25) is 0 Å². The molecule has 0 unspecified atom stereocenters. The molecule has 3 N–H and O–H groups in total. The van der Waals surface area contributed by atoms with Crippen molar-refractivity contribution in [1.82, 2.24) is 4.98 Å². The smallest absolute Gasteiger partial charge is 0.325 e. The highest BCUT2D eigenvalue weighted by Crippen LogP contribution is 2.22. The van der Waals surface area contributed by atoms with Gasteiger partial charge in [-0.2, -0.15) is 0 Å². The minimum absolute atomic E-state index is 0.511. The molecule has 0 aliphatic rings.